The summed E-state index contributed by atoms with van der Waals surface area (Å²) in [6.45, 7) is 3.62. The average molecular weight is 278 g/mol. The summed E-state index contributed by atoms with van der Waals surface area (Å²) in [5.74, 6) is 0.964. The topological polar surface area (TPSA) is 68.7 Å². The van der Waals surface area contributed by atoms with Crippen LogP contribution >= 0.6 is 0 Å². The highest BCUT2D eigenvalue weighted by molar-refractivity contribution is 5.71. The Morgan fingerprint density at radius 2 is 2.30 bits per heavy atom. The van der Waals surface area contributed by atoms with Crippen molar-refractivity contribution in [2.45, 2.75) is 19.9 Å². The fourth-order valence-electron chi connectivity index (χ4n) is 1.93. The van der Waals surface area contributed by atoms with E-state index < -0.39 is 0 Å². The fraction of sp³-hybridized carbons (Fsp3) is 0.429. The minimum Gasteiger partial charge on any atom is -0.468 e. The summed E-state index contributed by atoms with van der Waals surface area (Å²) in [7, 11) is 1.39. The molecule has 0 amide bonds. The second kappa shape index (κ2) is 6.91. The number of hydrogen-bond acceptors (Lipinski definition) is 6. The van der Waals surface area contributed by atoms with E-state index in [-0.39, 0.29) is 12.5 Å². The molecule has 0 unspecified atom stereocenters. The van der Waals surface area contributed by atoms with Crippen LogP contribution in [0.3, 0.4) is 0 Å². The van der Waals surface area contributed by atoms with Crippen molar-refractivity contribution in [1.82, 2.24) is 10.1 Å². The Morgan fingerprint density at radius 1 is 1.45 bits per heavy atom. The molecular weight excluding hydrogens is 260 g/mol. The van der Waals surface area contributed by atoms with Gasteiger partial charge in [0.1, 0.15) is 0 Å². The Morgan fingerprint density at radius 3 is 2.95 bits per heavy atom. The molecular formula is C14H18N2O4. The molecule has 6 nitrogen and oxygen atoms in total. The van der Waals surface area contributed by atoms with Gasteiger partial charge in [0, 0.05) is 12.6 Å². The van der Waals surface area contributed by atoms with Gasteiger partial charge in [-0.25, -0.2) is 0 Å². The van der Waals surface area contributed by atoms with Crippen molar-refractivity contribution in [3.05, 3.63) is 30.2 Å². The molecule has 2 aromatic heterocycles. The SMILES string of the molecule is CCCN(CC(=O)OC)Cc1cc(-c2ccco2)on1. The number of furan rings is 1. The molecule has 0 aromatic carbocycles. The van der Waals surface area contributed by atoms with Gasteiger partial charge < -0.3 is 13.7 Å². The lowest BCUT2D eigenvalue weighted by atomic mass is 10.3. The average Bonchev–Trinajstić information content (AvgIpc) is 3.08. The maximum atomic E-state index is 11.4. The Labute approximate surface area is 117 Å². The molecule has 2 aromatic rings. The number of carbonyl (C=O) groups is 1. The zero-order valence-corrected chi connectivity index (χ0v) is 11.7. The normalized spacial score (nSPS) is 10.9. The van der Waals surface area contributed by atoms with Gasteiger partial charge in [0.05, 0.1) is 25.6 Å². The summed E-state index contributed by atoms with van der Waals surface area (Å²) < 4.78 is 15.2. The van der Waals surface area contributed by atoms with Gasteiger partial charge >= 0.3 is 5.97 Å². The molecule has 2 rings (SSSR count). The van der Waals surface area contributed by atoms with Crippen molar-refractivity contribution >= 4 is 5.97 Å². The highest BCUT2D eigenvalue weighted by Gasteiger charge is 2.15. The Bertz CT molecular complexity index is 533. The zero-order chi connectivity index (χ0) is 14.4. The van der Waals surface area contributed by atoms with E-state index >= 15 is 0 Å². The first-order valence-electron chi connectivity index (χ1n) is 6.51. The summed E-state index contributed by atoms with van der Waals surface area (Å²) in [6, 6.07) is 5.42. The van der Waals surface area contributed by atoms with Gasteiger partial charge in [-0.2, -0.15) is 0 Å². The number of nitrogens with zero attached hydrogens (tertiary/aromatic N) is 2. The van der Waals surface area contributed by atoms with Crippen LogP contribution in [0.4, 0.5) is 0 Å². The molecule has 0 atom stereocenters. The minimum absolute atomic E-state index is 0.243. The Balaban J connectivity index is 2.01. The van der Waals surface area contributed by atoms with Gasteiger partial charge in [0.25, 0.3) is 0 Å². The minimum atomic E-state index is -0.256. The molecule has 20 heavy (non-hydrogen) atoms. The number of esters is 1. The molecule has 0 spiro atoms. The second-order valence-corrected chi connectivity index (χ2v) is 4.45. The Hall–Kier alpha value is -2.08. The van der Waals surface area contributed by atoms with Crippen molar-refractivity contribution in [2.75, 3.05) is 20.2 Å². The largest absolute Gasteiger partial charge is 0.468 e. The molecule has 0 fully saturated rings. The van der Waals surface area contributed by atoms with E-state index in [1.807, 2.05) is 17.0 Å². The summed E-state index contributed by atoms with van der Waals surface area (Å²) in [4.78, 5) is 13.3. The van der Waals surface area contributed by atoms with E-state index in [1.54, 1.807) is 12.3 Å². The van der Waals surface area contributed by atoms with E-state index in [2.05, 4.69) is 16.8 Å². The van der Waals surface area contributed by atoms with Crippen LogP contribution in [0.5, 0.6) is 0 Å². The van der Waals surface area contributed by atoms with Crippen molar-refractivity contribution in [2.24, 2.45) is 0 Å². The number of ether oxygens (including phenoxy) is 1. The molecule has 108 valence electrons. The molecule has 0 aliphatic rings. The van der Waals surface area contributed by atoms with Crippen molar-refractivity contribution in [3.63, 3.8) is 0 Å². The van der Waals surface area contributed by atoms with Crippen LogP contribution in [0, 0.1) is 0 Å². The maximum absolute atomic E-state index is 11.4. The smallest absolute Gasteiger partial charge is 0.319 e. The first-order valence-corrected chi connectivity index (χ1v) is 6.51. The van der Waals surface area contributed by atoms with Gasteiger partial charge in [-0.15, -0.1) is 0 Å². The lowest BCUT2D eigenvalue weighted by Gasteiger charge is -2.18. The summed E-state index contributed by atoms with van der Waals surface area (Å²) >= 11 is 0. The standard InChI is InChI=1S/C14H18N2O4/c1-3-6-16(10-14(17)18-2)9-11-8-13(20-15-11)12-5-4-7-19-12/h4-5,7-8H,3,6,9-10H2,1-2H3. The molecule has 0 aliphatic heterocycles. The van der Waals surface area contributed by atoms with Crippen LogP contribution in [0.2, 0.25) is 0 Å². The van der Waals surface area contributed by atoms with E-state index in [0.717, 1.165) is 18.7 Å². The molecule has 0 aliphatic carbocycles. The number of methoxy groups -OCH3 is 1. The quantitative estimate of drug-likeness (QED) is 0.724. The molecule has 0 saturated carbocycles. The van der Waals surface area contributed by atoms with Crippen LogP contribution in [-0.2, 0) is 16.1 Å². The third-order valence-electron chi connectivity index (χ3n) is 2.83. The van der Waals surface area contributed by atoms with E-state index in [0.29, 0.717) is 18.1 Å². The van der Waals surface area contributed by atoms with Crippen LogP contribution in [0.1, 0.15) is 19.0 Å². The van der Waals surface area contributed by atoms with Crippen LogP contribution < -0.4 is 0 Å². The predicted octanol–water partition coefficient (Wildman–Crippen LogP) is 2.32. The third kappa shape index (κ3) is 3.71. The van der Waals surface area contributed by atoms with Crippen LogP contribution in [0.15, 0.2) is 33.4 Å². The molecule has 6 heteroatoms. The molecule has 2 heterocycles. The van der Waals surface area contributed by atoms with Crippen LogP contribution in [-0.4, -0.2) is 36.2 Å². The molecule has 0 saturated heterocycles. The van der Waals surface area contributed by atoms with Crippen molar-refractivity contribution < 1.29 is 18.5 Å². The molecule has 0 N–H and O–H groups in total. The summed E-state index contributed by atoms with van der Waals surface area (Å²) in [5.41, 5.74) is 0.758. The highest BCUT2D eigenvalue weighted by atomic mass is 16.5. The van der Waals surface area contributed by atoms with E-state index in [9.17, 15) is 4.79 Å². The summed E-state index contributed by atoms with van der Waals surface area (Å²) in [6.07, 6.45) is 2.53. The Kier molecular flexibility index (Phi) is 4.95. The zero-order valence-electron chi connectivity index (χ0n) is 11.7. The van der Waals surface area contributed by atoms with Crippen molar-refractivity contribution in [1.29, 1.82) is 0 Å². The van der Waals surface area contributed by atoms with Crippen molar-refractivity contribution in [3.8, 4) is 11.5 Å². The molecule has 0 radical (unpaired) electrons. The third-order valence-corrected chi connectivity index (χ3v) is 2.83. The fourth-order valence-corrected chi connectivity index (χ4v) is 1.93. The van der Waals surface area contributed by atoms with Gasteiger partial charge in [-0.05, 0) is 25.1 Å². The lowest BCUT2D eigenvalue weighted by Crippen LogP contribution is -2.31. The van der Waals surface area contributed by atoms with Gasteiger partial charge in [-0.3, -0.25) is 9.69 Å². The highest BCUT2D eigenvalue weighted by Crippen LogP contribution is 2.21. The number of rotatable bonds is 7. The first kappa shape index (κ1) is 14.3. The maximum Gasteiger partial charge on any atom is 0.319 e. The monoisotopic (exact) mass is 278 g/mol. The second-order valence-electron chi connectivity index (χ2n) is 4.45. The number of aromatic nitrogens is 1. The summed E-state index contributed by atoms with van der Waals surface area (Å²) in [5, 5.41) is 4.00. The first-order chi connectivity index (χ1) is 9.72. The molecule has 0 bridgehead atoms. The predicted molar refractivity (Wildman–Crippen MR) is 71.8 cm³/mol. The lowest BCUT2D eigenvalue weighted by molar-refractivity contribution is -0.142. The van der Waals surface area contributed by atoms with Gasteiger partial charge in [-0.1, -0.05) is 12.1 Å². The number of carbonyl (C=O) groups excluding carboxylic acids is 1. The van der Waals surface area contributed by atoms with E-state index in [4.69, 9.17) is 8.94 Å². The van der Waals surface area contributed by atoms with Gasteiger partial charge in [0.2, 0.25) is 5.76 Å². The number of hydrogen-bond donors (Lipinski definition) is 0. The van der Waals surface area contributed by atoms with Gasteiger partial charge in [0.15, 0.2) is 5.76 Å². The van der Waals surface area contributed by atoms with Crippen LogP contribution in [0.25, 0.3) is 11.5 Å². The van der Waals surface area contributed by atoms with E-state index in [1.165, 1.54) is 7.11 Å².